The average molecular weight is 599 g/mol. The van der Waals surface area contributed by atoms with Crippen LogP contribution in [0.25, 0.3) is 10.9 Å². The summed E-state index contributed by atoms with van der Waals surface area (Å²) in [6.07, 6.45) is 0.382. The molecule has 0 spiro atoms. The highest BCUT2D eigenvalue weighted by Gasteiger charge is 2.53. The number of fused-ring (bicyclic) bond motifs is 4. The summed E-state index contributed by atoms with van der Waals surface area (Å²) in [5.41, 5.74) is 6.48. The third-order valence-electron chi connectivity index (χ3n) is 8.97. The molecule has 0 radical (unpaired) electrons. The van der Waals surface area contributed by atoms with Crippen molar-refractivity contribution < 1.29 is 19.1 Å². The van der Waals surface area contributed by atoms with Gasteiger partial charge in [-0.05, 0) is 58.5 Å². The van der Waals surface area contributed by atoms with Crippen LogP contribution in [0.5, 0.6) is 5.75 Å². The van der Waals surface area contributed by atoms with Gasteiger partial charge < -0.3 is 15.0 Å². The summed E-state index contributed by atoms with van der Waals surface area (Å²) in [5.74, 6) is 0.380. The topological polar surface area (TPSA) is 94.7 Å². The summed E-state index contributed by atoms with van der Waals surface area (Å²) in [5, 5.41) is 3.99. The van der Waals surface area contributed by atoms with Gasteiger partial charge >= 0.3 is 6.03 Å². The van der Waals surface area contributed by atoms with Crippen LogP contribution < -0.4 is 15.0 Å². The molecule has 2 aliphatic heterocycles. The van der Waals surface area contributed by atoms with Gasteiger partial charge in [0, 0.05) is 29.6 Å². The predicted molar refractivity (Wildman–Crippen MR) is 173 cm³/mol. The first kappa shape index (κ1) is 28.4. The molecule has 1 saturated heterocycles. The number of para-hydroxylation sites is 2. The van der Waals surface area contributed by atoms with Crippen molar-refractivity contribution in [1.29, 1.82) is 0 Å². The van der Waals surface area contributed by atoms with Crippen LogP contribution in [-0.2, 0) is 17.8 Å². The average Bonchev–Trinajstić information content (AvgIpc) is 3.56. The van der Waals surface area contributed by atoms with Crippen molar-refractivity contribution >= 4 is 34.4 Å². The number of benzene rings is 4. The number of carbonyl (C=O) groups is 3. The zero-order valence-corrected chi connectivity index (χ0v) is 25.4. The van der Waals surface area contributed by atoms with Gasteiger partial charge in [0.1, 0.15) is 17.8 Å². The molecule has 5 aromatic rings. The van der Waals surface area contributed by atoms with E-state index in [1.54, 1.807) is 36.3 Å². The van der Waals surface area contributed by atoms with Crippen LogP contribution in [0.4, 0.5) is 10.5 Å². The van der Waals surface area contributed by atoms with Gasteiger partial charge in [-0.2, -0.15) is 0 Å². The lowest BCUT2D eigenvalue weighted by atomic mass is 9.88. The predicted octanol–water partition coefficient (Wildman–Crippen LogP) is 6.71. The Morgan fingerprint density at radius 3 is 2.38 bits per heavy atom. The molecule has 0 unspecified atom stereocenters. The van der Waals surface area contributed by atoms with E-state index in [-0.39, 0.29) is 29.6 Å². The summed E-state index contributed by atoms with van der Waals surface area (Å²) in [4.78, 5) is 48.6. The van der Waals surface area contributed by atoms with E-state index in [1.807, 2.05) is 42.5 Å². The van der Waals surface area contributed by atoms with Gasteiger partial charge in [-0.3, -0.25) is 14.5 Å². The van der Waals surface area contributed by atoms with Crippen molar-refractivity contribution in [2.45, 2.75) is 44.8 Å². The van der Waals surface area contributed by atoms with Crippen molar-refractivity contribution in [3.05, 3.63) is 131 Å². The number of hydrogen-bond donors (Lipinski definition) is 2. The maximum absolute atomic E-state index is 14.4. The van der Waals surface area contributed by atoms with Gasteiger partial charge in [0.2, 0.25) is 0 Å². The smallest absolute Gasteiger partial charge is 0.332 e. The van der Waals surface area contributed by atoms with Crippen molar-refractivity contribution in [3.63, 3.8) is 0 Å². The Bertz CT molecular complexity index is 1930. The molecule has 4 aromatic carbocycles. The second-order valence-electron chi connectivity index (χ2n) is 11.9. The Labute approximate surface area is 261 Å². The molecule has 4 amide bonds. The number of anilines is 1. The van der Waals surface area contributed by atoms with E-state index in [0.29, 0.717) is 12.3 Å². The Kier molecular flexibility index (Phi) is 7.12. The summed E-state index contributed by atoms with van der Waals surface area (Å²) in [6, 6.07) is 28.9. The lowest BCUT2D eigenvalue weighted by Crippen LogP contribution is -2.44. The van der Waals surface area contributed by atoms with E-state index in [9.17, 15) is 14.4 Å². The minimum absolute atomic E-state index is 0.259. The summed E-state index contributed by atoms with van der Waals surface area (Å²) >= 11 is 0. The molecule has 2 N–H and O–H groups in total. The molecule has 45 heavy (non-hydrogen) atoms. The van der Waals surface area contributed by atoms with Crippen molar-refractivity contribution in [2.75, 3.05) is 12.0 Å². The first-order valence-electron chi connectivity index (χ1n) is 15.2. The van der Waals surface area contributed by atoms with Gasteiger partial charge in [-0.25, -0.2) is 9.69 Å². The summed E-state index contributed by atoms with van der Waals surface area (Å²) in [7, 11) is 1.60. The molecule has 0 aliphatic carbocycles. The SMILES string of the molecule is COc1ccc(CNC(=O)c2ccccc2N2C(=O)[C@@H]3Cc4c([nH]c5ccccc45)[C@H](c4ccc(C(C)C)cc4)N3C2=O)cc1. The normalized spacial score (nSPS) is 17.5. The Balaban J connectivity index is 1.25. The molecule has 7 rings (SSSR count). The van der Waals surface area contributed by atoms with Crippen LogP contribution in [0, 0.1) is 0 Å². The summed E-state index contributed by atoms with van der Waals surface area (Å²) < 4.78 is 5.22. The van der Waals surface area contributed by atoms with E-state index in [0.717, 1.165) is 39.0 Å². The molecular weight excluding hydrogens is 564 g/mol. The van der Waals surface area contributed by atoms with Crippen molar-refractivity contribution in [1.82, 2.24) is 15.2 Å². The van der Waals surface area contributed by atoms with Crippen LogP contribution in [0.2, 0.25) is 0 Å². The molecule has 8 heteroatoms. The largest absolute Gasteiger partial charge is 0.497 e. The number of ether oxygens (including phenoxy) is 1. The number of imide groups is 1. The monoisotopic (exact) mass is 598 g/mol. The quantitative estimate of drug-likeness (QED) is 0.204. The van der Waals surface area contributed by atoms with Gasteiger partial charge in [-0.15, -0.1) is 0 Å². The molecule has 1 aromatic heterocycles. The van der Waals surface area contributed by atoms with E-state index in [4.69, 9.17) is 4.74 Å². The summed E-state index contributed by atoms with van der Waals surface area (Å²) in [6.45, 7) is 4.57. The minimum atomic E-state index is -0.714. The maximum atomic E-state index is 14.4. The zero-order valence-electron chi connectivity index (χ0n) is 25.4. The van der Waals surface area contributed by atoms with Crippen LogP contribution in [0.3, 0.4) is 0 Å². The molecule has 2 aliphatic rings. The van der Waals surface area contributed by atoms with Gasteiger partial charge in [0.05, 0.1) is 18.4 Å². The molecule has 2 atom stereocenters. The fourth-order valence-corrected chi connectivity index (χ4v) is 6.59. The zero-order chi connectivity index (χ0) is 31.2. The molecule has 8 nitrogen and oxygen atoms in total. The number of H-pyrrole nitrogens is 1. The number of carbonyl (C=O) groups excluding carboxylic acids is 3. The van der Waals surface area contributed by atoms with Crippen LogP contribution >= 0.6 is 0 Å². The Hall–Kier alpha value is -5.37. The number of aromatic amines is 1. The minimum Gasteiger partial charge on any atom is -0.497 e. The number of aromatic nitrogens is 1. The second kappa shape index (κ2) is 11.3. The van der Waals surface area contributed by atoms with Crippen LogP contribution in [-0.4, -0.2) is 40.9 Å². The van der Waals surface area contributed by atoms with Crippen LogP contribution in [0.15, 0.2) is 97.1 Å². The third-order valence-corrected chi connectivity index (χ3v) is 8.97. The molecule has 0 saturated carbocycles. The number of nitrogens with one attached hydrogen (secondary N) is 2. The van der Waals surface area contributed by atoms with E-state index < -0.39 is 18.1 Å². The lowest BCUT2D eigenvalue weighted by molar-refractivity contribution is -0.120. The number of nitrogens with zero attached hydrogens (tertiary/aromatic N) is 2. The van der Waals surface area contributed by atoms with E-state index in [2.05, 4.69) is 54.5 Å². The molecule has 0 bridgehead atoms. The third kappa shape index (κ3) is 4.83. The standard InChI is InChI=1S/C37H34N4O4/c1-22(2)24-14-16-25(17-15-24)34-33-29(27-8-4-6-10-30(27)39-33)20-32-36(43)41(37(44)40(32)34)31-11-7-5-9-28(31)35(42)38-21-23-12-18-26(45-3)19-13-23/h4-19,22,32,34,39H,20-21H2,1-3H3,(H,38,42)/t32-,34-/m0/s1. The number of methoxy groups -OCH3 is 1. The molecule has 3 heterocycles. The van der Waals surface area contributed by atoms with Gasteiger partial charge in [-0.1, -0.05) is 80.6 Å². The van der Waals surface area contributed by atoms with Gasteiger partial charge in [0.15, 0.2) is 0 Å². The number of amides is 4. The van der Waals surface area contributed by atoms with Crippen LogP contribution in [0.1, 0.15) is 64.1 Å². The Morgan fingerprint density at radius 2 is 1.64 bits per heavy atom. The highest BCUT2D eigenvalue weighted by Crippen LogP contribution is 2.45. The molecule has 1 fully saturated rings. The lowest BCUT2D eigenvalue weighted by Gasteiger charge is -2.36. The fourth-order valence-electron chi connectivity index (χ4n) is 6.59. The van der Waals surface area contributed by atoms with Crippen molar-refractivity contribution in [2.24, 2.45) is 0 Å². The highest BCUT2D eigenvalue weighted by atomic mass is 16.5. The first-order chi connectivity index (χ1) is 21.9. The maximum Gasteiger partial charge on any atom is 0.332 e. The number of rotatable bonds is 7. The molecule has 226 valence electrons. The second-order valence-corrected chi connectivity index (χ2v) is 11.9. The highest BCUT2D eigenvalue weighted by molar-refractivity contribution is 6.24. The number of hydrogen-bond acceptors (Lipinski definition) is 4. The van der Waals surface area contributed by atoms with Gasteiger partial charge in [0.25, 0.3) is 11.8 Å². The van der Waals surface area contributed by atoms with Crippen molar-refractivity contribution in [3.8, 4) is 5.75 Å². The van der Waals surface area contributed by atoms with E-state index >= 15 is 0 Å². The van der Waals surface area contributed by atoms with E-state index in [1.165, 1.54) is 10.5 Å². The number of urea groups is 1. The molecular formula is C37H34N4O4. The Morgan fingerprint density at radius 1 is 0.933 bits per heavy atom. The fraction of sp³-hybridized carbons (Fsp3) is 0.216. The first-order valence-corrected chi connectivity index (χ1v) is 15.2.